The third-order valence-electron chi connectivity index (χ3n) is 8.68. The van der Waals surface area contributed by atoms with Gasteiger partial charge in [0, 0.05) is 25.0 Å². The van der Waals surface area contributed by atoms with Gasteiger partial charge in [-0.05, 0) is 57.4 Å². The Bertz CT molecular complexity index is 1290. The molecule has 0 saturated heterocycles. The Hall–Kier alpha value is -3.93. The zero-order chi connectivity index (χ0) is 35.3. The number of H-pyrrole nitrogens is 1. The van der Waals surface area contributed by atoms with E-state index in [9.17, 15) is 24.3 Å². The summed E-state index contributed by atoms with van der Waals surface area (Å²) in [7, 11) is 0. The molecule has 1 fully saturated rings. The lowest BCUT2D eigenvalue weighted by Crippen LogP contribution is -2.58. The van der Waals surface area contributed by atoms with Gasteiger partial charge >= 0.3 is 6.09 Å². The fourth-order valence-corrected chi connectivity index (χ4v) is 6.33. The number of alkyl carbamates (subject to hydrolysis) is 1. The van der Waals surface area contributed by atoms with Crippen LogP contribution < -0.4 is 21.7 Å². The highest BCUT2D eigenvalue weighted by Crippen LogP contribution is 2.29. The average molecular weight is 669 g/mol. The molecule has 1 saturated carbocycles. The first-order valence-electron chi connectivity index (χ1n) is 17.3. The molecule has 1 aromatic heterocycles. The molecule has 0 spiro atoms. The van der Waals surface area contributed by atoms with E-state index < -0.39 is 59.6 Å². The van der Waals surface area contributed by atoms with Crippen molar-refractivity contribution in [1.82, 2.24) is 25.9 Å². The van der Waals surface area contributed by atoms with E-state index >= 15 is 0 Å². The molecule has 2 unspecified atom stereocenters. The van der Waals surface area contributed by atoms with E-state index in [1.165, 1.54) is 6.33 Å². The molecule has 1 heterocycles. The Kier molecular flexibility index (Phi) is 14.9. The summed E-state index contributed by atoms with van der Waals surface area (Å²) < 4.78 is 5.43. The number of amides is 4. The predicted octanol–water partition coefficient (Wildman–Crippen LogP) is 3.93. The van der Waals surface area contributed by atoms with E-state index in [1.807, 2.05) is 44.2 Å². The van der Waals surface area contributed by atoms with Crippen molar-refractivity contribution in [1.29, 1.82) is 0 Å². The Morgan fingerprint density at radius 3 is 2.19 bits per heavy atom. The van der Waals surface area contributed by atoms with Crippen LogP contribution in [0.5, 0.6) is 0 Å². The molecule has 2 aromatic rings. The third-order valence-corrected chi connectivity index (χ3v) is 8.68. The molecule has 7 N–H and O–H groups in total. The number of primary amides is 1. The highest BCUT2D eigenvalue weighted by molar-refractivity contribution is 5.91. The van der Waals surface area contributed by atoms with Gasteiger partial charge in [-0.2, -0.15) is 0 Å². The Balaban J connectivity index is 1.85. The van der Waals surface area contributed by atoms with Crippen LogP contribution in [0.3, 0.4) is 0 Å². The second-order valence-electron chi connectivity index (χ2n) is 14.6. The van der Waals surface area contributed by atoms with E-state index in [2.05, 4.69) is 25.9 Å². The van der Waals surface area contributed by atoms with Gasteiger partial charge in [0.2, 0.25) is 17.7 Å². The lowest BCUT2D eigenvalue weighted by molar-refractivity contribution is -0.131. The second-order valence-corrected chi connectivity index (χ2v) is 14.6. The number of nitrogens with one attached hydrogen (secondary N) is 4. The topological polar surface area (TPSA) is 189 Å². The van der Waals surface area contributed by atoms with Gasteiger partial charge in [-0.25, -0.2) is 9.78 Å². The molecular formula is C36H56N6O6. The molecule has 5 atom stereocenters. The van der Waals surface area contributed by atoms with Gasteiger partial charge < -0.3 is 36.5 Å². The minimum Gasteiger partial charge on any atom is -0.444 e. The number of nitrogens with two attached hydrogens (primary N) is 1. The number of carbonyl (C=O) groups is 4. The van der Waals surface area contributed by atoms with Crippen molar-refractivity contribution in [3.63, 3.8) is 0 Å². The van der Waals surface area contributed by atoms with Crippen molar-refractivity contribution in [2.24, 2.45) is 23.5 Å². The van der Waals surface area contributed by atoms with Crippen LogP contribution in [0.25, 0.3) is 0 Å². The van der Waals surface area contributed by atoms with Crippen LogP contribution in [0.4, 0.5) is 4.79 Å². The summed E-state index contributed by atoms with van der Waals surface area (Å²) >= 11 is 0. The predicted molar refractivity (Wildman–Crippen MR) is 183 cm³/mol. The number of aromatic amines is 1. The number of carbonyl (C=O) groups excluding carboxylic acids is 4. The van der Waals surface area contributed by atoms with E-state index in [0.717, 1.165) is 37.7 Å². The summed E-state index contributed by atoms with van der Waals surface area (Å²) in [5, 5.41) is 20.1. The van der Waals surface area contributed by atoms with Gasteiger partial charge in [-0.3, -0.25) is 14.4 Å². The van der Waals surface area contributed by atoms with Gasteiger partial charge in [-0.1, -0.05) is 76.3 Å². The summed E-state index contributed by atoms with van der Waals surface area (Å²) in [5.41, 5.74) is 6.29. The van der Waals surface area contributed by atoms with Crippen LogP contribution >= 0.6 is 0 Å². The van der Waals surface area contributed by atoms with Crippen molar-refractivity contribution in [3.05, 3.63) is 54.1 Å². The maximum absolute atomic E-state index is 14.1. The molecular weight excluding hydrogens is 612 g/mol. The number of rotatable bonds is 17. The summed E-state index contributed by atoms with van der Waals surface area (Å²) in [6.07, 6.45) is 8.11. The van der Waals surface area contributed by atoms with Crippen LogP contribution in [0.1, 0.15) is 97.2 Å². The number of benzene rings is 1. The molecule has 0 radical (unpaired) electrons. The molecule has 4 amide bonds. The molecule has 0 aliphatic heterocycles. The second kappa shape index (κ2) is 18.6. The van der Waals surface area contributed by atoms with Crippen molar-refractivity contribution >= 4 is 23.8 Å². The molecule has 0 bridgehead atoms. The molecule has 1 aliphatic rings. The zero-order valence-corrected chi connectivity index (χ0v) is 29.2. The smallest absolute Gasteiger partial charge is 0.408 e. The molecule has 1 aromatic carbocycles. The molecule has 3 rings (SSSR count). The van der Waals surface area contributed by atoms with Crippen molar-refractivity contribution in [2.45, 2.75) is 129 Å². The first-order chi connectivity index (χ1) is 22.7. The quantitative estimate of drug-likeness (QED) is 0.147. The summed E-state index contributed by atoms with van der Waals surface area (Å²) in [4.78, 5) is 60.1. The average Bonchev–Trinajstić information content (AvgIpc) is 3.52. The van der Waals surface area contributed by atoms with Crippen molar-refractivity contribution < 1.29 is 29.0 Å². The third kappa shape index (κ3) is 13.7. The zero-order valence-electron chi connectivity index (χ0n) is 29.2. The Morgan fingerprint density at radius 1 is 0.958 bits per heavy atom. The molecule has 1 aliphatic carbocycles. The van der Waals surface area contributed by atoms with Crippen LogP contribution in [-0.2, 0) is 32.0 Å². The molecule has 12 heteroatoms. The normalized spacial score (nSPS) is 17.1. The van der Waals surface area contributed by atoms with Crippen LogP contribution in [-0.4, -0.2) is 68.7 Å². The van der Waals surface area contributed by atoms with Crippen LogP contribution in [0.2, 0.25) is 0 Å². The van der Waals surface area contributed by atoms with E-state index in [0.29, 0.717) is 24.5 Å². The van der Waals surface area contributed by atoms with Crippen molar-refractivity contribution in [2.75, 3.05) is 0 Å². The number of hydrogen-bond donors (Lipinski definition) is 6. The molecule has 266 valence electrons. The van der Waals surface area contributed by atoms with Gasteiger partial charge in [0.25, 0.3) is 0 Å². The van der Waals surface area contributed by atoms with E-state index in [1.54, 1.807) is 27.0 Å². The van der Waals surface area contributed by atoms with E-state index in [4.69, 9.17) is 10.5 Å². The fourth-order valence-electron chi connectivity index (χ4n) is 6.33. The monoisotopic (exact) mass is 668 g/mol. The number of aliphatic hydroxyl groups is 1. The minimum atomic E-state index is -1.08. The number of aromatic nitrogens is 2. The first-order valence-corrected chi connectivity index (χ1v) is 17.3. The SMILES string of the molecule is CC(C)C[C@H](C[C@H](O)[C@H](CC1CCCCC1)NC(=O)C(Cc1c[nH]cn1)NC(=O)C(Cc1ccccc1)NC(=O)OC(C)(C)C)C(N)=O. The van der Waals surface area contributed by atoms with Gasteiger partial charge in [0.15, 0.2) is 0 Å². The van der Waals surface area contributed by atoms with Crippen LogP contribution in [0.15, 0.2) is 42.9 Å². The van der Waals surface area contributed by atoms with Gasteiger partial charge in [0.1, 0.15) is 17.7 Å². The first kappa shape index (κ1) is 38.5. The summed E-state index contributed by atoms with van der Waals surface area (Å²) in [6, 6.07) is 6.45. The van der Waals surface area contributed by atoms with Crippen LogP contribution in [0, 0.1) is 17.8 Å². The summed E-state index contributed by atoms with van der Waals surface area (Å²) in [5.74, 6) is -1.58. The number of nitrogens with zero attached hydrogens (tertiary/aromatic N) is 1. The number of aliphatic hydroxyl groups excluding tert-OH is 1. The van der Waals surface area contributed by atoms with Gasteiger partial charge in [0.05, 0.1) is 24.2 Å². The largest absolute Gasteiger partial charge is 0.444 e. The van der Waals surface area contributed by atoms with E-state index in [-0.39, 0.29) is 25.2 Å². The lowest BCUT2D eigenvalue weighted by atomic mass is 9.81. The van der Waals surface area contributed by atoms with Crippen molar-refractivity contribution in [3.8, 4) is 0 Å². The standard InChI is InChI=1S/C36H56N6O6/c1-23(2)16-26(32(37)44)19-31(43)28(17-24-12-8-6-9-13-24)40-34(46)30(20-27-21-38-22-39-27)41-33(45)29(18-25-14-10-7-11-15-25)42-35(47)48-36(3,4)5/h7,10-11,14-15,21-24,26,28-31,43H,6,8-9,12-13,16-20H2,1-5H3,(H2,37,44)(H,38,39)(H,40,46)(H,41,45)(H,42,47)/t26-,28+,29?,30?,31+/m1/s1. The number of hydrogen-bond acceptors (Lipinski definition) is 7. The highest BCUT2D eigenvalue weighted by Gasteiger charge is 2.34. The Labute approximate surface area is 284 Å². The Morgan fingerprint density at radius 2 is 1.60 bits per heavy atom. The maximum atomic E-state index is 14.1. The summed E-state index contributed by atoms with van der Waals surface area (Å²) in [6.45, 7) is 9.19. The molecule has 12 nitrogen and oxygen atoms in total. The number of imidazole rings is 1. The minimum absolute atomic E-state index is 0.0646. The maximum Gasteiger partial charge on any atom is 0.408 e. The number of ether oxygens (including phenoxy) is 1. The lowest BCUT2D eigenvalue weighted by Gasteiger charge is -2.33. The van der Waals surface area contributed by atoms with Gasteiger partial charge in [-0.15, -0.1) is 0 Å². The molecule has 48 heavy (non-hydrogen) atoms. The fraction of sp³-hybridized carbons (Fsp3) is 0.639. The highest BCUT2D eigenvalue weighted by atomic mass is 16.6.